The zero-order valence-electron chi connectivity index (χ0n) is 23.5. The molecule has 0 radical (unpaired) electrons. The summed E-state index contributed by atoms with van der Waals surface area (Å²) in [7, 11) is 0. The van der Waals surface area contributed by atoms with Gasteiger partial charge in [-0.2, -0.15) is 0 Å². The van der Waals surface area contributed by atoms with Crippen LogP contribution >= 0.6 is 0 Å². The Hall–Kier alpha value is -5.66. The van der Waals surface area contributed by atoms with E-state index in [-0.39, 0.29) is 0 Å². The Kier molecular flexibility index (Phi) is 5.27. The van der Waals surface area contributed by atoms with Crippen molar-refractivity contribution in [2.75, 3.05) is 0 Å². The summed E-state index contributed by atoms with van der Waals surface area (Å²) in [6, 6.07) is 59.8. The van der Waals surface area contributed by atoms with Crippen LogP contribution in [0.1, 0.15) is 0 Å². The molecule has 0 aliphatic heterocycles. The van der Waals surface area contributed by atoms with E-state index in [1.165, 1.54) is 82.1 Å². The van der Waals surface area contributed by atoms with Gasteiger partial charge in [0, 0.05) is 16.2 Å². The summed E-state index contributed by atoms with van der Waals surface area (Å²) < 4.78 is 2.45. The molecule has 0 amide bonds. The molecule has 0 aliphatic carbocycles. The monoisotopic (exact) mass is 545 g/mol. The molecule has 0 aliphatic rings. The molecule has 8 aromatic carbocycles. The second-order valence-electron chi connectivity index (χ2n) is 11.4. The molecule has 1 heteroatoms. The molecule has 43 heavy (non-hydrogen) atoms. The normalized spacial score (nSPS) is 11.7. The average Bonchev–Trinajstić information content (AvgIpc) is 3.41. The van der Waals surface area contributed by atoms with Gasteiger partial charge in [0.15, 0.2) is 0 Å². The Morgan fingerprint density at radius 3 is 1.72 bits per heavy atom. The lowest BCUT2D eigenvalue weighted by molar-refractivity contribution is 1.20. The predicted octanol–water partition coefficient (Wildman–Crippen LogP) is 11.6. The summed E-state index contributed by atoms with van der Waals surface area (Å²) in [5, 5.41) is 10.2. The van der Waals surface area contributed by atoms with Crippen molar-refractivity contribution in [2.45, 2.75) is 0 Å². The average molecular weight is 546 g/mol. The van der Waals surface area contributed by atoms with Crippen LogP contribution in [0.4, 0.5) is 0 Å². The van der Waals surface area contributed by atoms with E-state index in [0.29, 0.717) is 0 Å². The molecule has 0 fully saturated rings. The lowest BCUT2D eigenvalue weighted by Crippen LogP contribution is -1.96. The molecular formula is C42H27N. The smallest absolute Gasteiger partial charge is 0.0546 e. The SMILES string of the molecule is c1ccc2c(-c3ccc(-c4ccc5c(c4)c4ccccc4n5-c4cc5ccccc5c5ccccc45)cc3)cccc2c1. The van der Waals surface area contributed by atoms with Crippen molar-refractivity contribution in [3.05, 3.63) is 164 Å². The van der Waals surface area contributed by atoms with Crippen LogP contribution in [0.2, 0.25) is 0 Å². The predicted molar refractivity (Wildman–Crippen MR) is 184 cm³/mol. The van der Waals surface area contributed by atoms with E-state index >= 15 is 0 Å². The summed E-state index contributed by atoms with van der Waals surface area (Å²) >= 11 is 0. The van der Waals surface area contributed by atoms with E-state index in [4.69, 9.17) is 0 Å². The fourth-order valence-corrected chi connectivity index (χ4v) is 6.95. The summed E-state index contributed by atoms with van der Waals surface area (Å²) in [5.41, 5.74) is 8.61. The van der Waals surface area contributed by atoms with Gasteiger partial charge in [0.1, 0.15) is 0 Å². The Labute approximate surface area is 249 Å². The molecule has 0 unspecified atom stereocenters. The van der Waals surface area contributed by atoms with Crippen molar-refractivity contribution in [2.24, 2.45) is 0 Å². The van der Waals surface area contributed by atoms with Crippen LogP contribution in [0.25, 0.3) is 82.1 Å². The van der Waals surface area contributed by atoms with Crippen LogP contribution in [-0.4, -0.2) is 4.57 Å². The third-order valence-electron chi connectivity index (χ3n) is 8.98. The van der Waals surface area contributed by atoms with Gasteiger partial charge in [-0.3, -0.25) is 0 Å². The first-order chi connectivity index (χ1) is 21.3. The molecule has 0 bridgehead atoms. The molecule has 1 nitrogen and oxygen atoms in total. The van der Waals surface area contributed by atoms with Gasteiger partial charge in [-0.05, 0) is 73.5 Å². The van der Waals surface area contributed by atoms with Crippen LogP contribution in [0.5, 0.6) is 0 Å². The molecule has 200 valence electrons. The fourth-order valence-electron chi connectivity index (χ4n) is 6.95. The van der Waals surface area contributed by atoms with Crippen molar-refractivity contribution in [3.63, 3.8) is 0 Å². The molecular weight excluding hydrogens is 518 g/mol. The van der Waals surface area contributed by atoms with Gasteiger partial charge >= 0.3 is 0 Å². The van der Waals surface area contributed by atoms with E-state index in [9.17, 15) is 0 Å². The number of aromatic nitrogens is 1. The van der Waals surface area contributed by atoms with E-state index in [0.717, 1.165) is 0 Å². The molecule has 0 saturated carbocycles. The van der Waals surface area contributed by atoms with Gasteiger partial charge < -0.3 is 4.57 Å². The van der Waals surface area contributed by atoms with E-state index in [2.05, 4.69) is 168 Å². The third-order valence-corrected chi connectivity index (χ3v) is 8.98. The van der Waals surface area contributed by atoms with Crippen LogP contribution in [0.15, 0.2) is 164 Å². The minimum absolute atomic E-state index is 1.22. The van der Waals surface area contributed by atoms with Gasteiger partial charge in [0.25, 0.3) is 0 Å². The first kappa shape index (κ1) is 24.0. The van der Waals surface area contributed by atoms with Gasteiger partial charge in [0.2, 0.25) is 0 Å². The van der Waals surface area contributed by atoms with Gasteiger partial charge in [-0.25, -0.2) is 0 Å². The standard InChI is InChI=1S/C42H27N/c1-3-13-33-29(10-1)12-9-18-34(33)30-22-20-28(21-23-30)31-24-25-41-39(26-31)38-17-7-8-19-40(38)43(41)42-27-32-11-2-4-14-35(32)36-15-5-6-16-37(36)42/h1-27H. The number of fused-ring (bicyclic) bond motifs is 7. The van der Waals surface area contributed by atoms with Gasteiger partial charge in [-0.15, -0.1) is 0 Å². The summed E-state index contributed by atoms with van der Waals surface area (Å²) in [6.07, 6.45) is 0. The molecule has 0 saturated heterocycles. The second kappa shape index (κ2) is 9.44. The molecule has 9 aromatic rings. The number of hydrogen-bond donors (Lipinski definition) is 0. The maximum atomic E-state index is 2.45. The lowest BCUT2D eigenvalue weighted by Gasteiger charge is -2.14. The Bertz CT molecular complexity index is 2490. The van der Waals surface area contributed by atoms with Crippen LogP contribution in [0, 0.1) is 0 Å². The molecule has 1 heterocycles. The lowest BCUT2D eigenvalue weighted by atomic mass is 9.96. The largest absolute Gasteiger partial charge is 0.309 e. The molecule has 9 rings (SSSR count). The highest BCUT2D eigenvalue weighted by molar-refractivity contribution is 6.15. The van der Waals surface area contributed by atoms with Crippen molar-refractivity contribution < 1.29 is 0 Å². The highest BCUT2D eigenvalue weighted by Gasteiger charge is 2.16. The Morgan fingerprint density at radius 1 is 0.302 bits per heavy atom. The Morgan fingerprint density at radius 2 is 0.884 bits per heavy atom. The topological polar surface area (TPSA) is 4.93 Å². The highest BCUT2D eigenvalue weighted by atomic mass is 15.0. The second-order valence-corrected chi connectivity index (χ2v) is 11.4. The van der Waals surface area contributed by atoms with Crippen LogP contribution in [-0.2, 0) is 0 Å². The molecule has 0 N–H and O–H groups in total. The number of benzene rings is 8. The van der Waals surface area contributed by atoms with Crippen molar-refractivity contribution >= 4 is 54.1 Å². The number of rotatable bonds is 3. The van der Waals surface area contributed by atoms with Gasteiger partial charge in [0.05, 0.1) is 16.7 Å². The zero-order valence-corrected chi connectivity index (χ0v) is 23.5. The van der Waals surface area contributed by atoms with Crippen LogP contribution in [0.3, 0.4) is 0 Å². The van der Waals surface area contributed by atoms with E-state index < -0.39 is 0 Å². The Balaban J connectivity index is 1.22. The maximum Gasteiger partial charge on any atom is 0.0546 e. The van der Waals surface area contributed by atoms with Crippen LogP contribution < -0.4 is 0 Å². The maximum absolute atomic E-state index is 2.45. The first-order valence-corrected chi connectivity index (χ1v) is 14.9. The van der Waals surface area contributed by atoms with E-state index in [1.54, 1.807) is 0 Å². The van der Waals surface area contributed by atoms with E-state index in [1.807, 2.05) is 0 Å². The highest BCUT2D eigenvalue weighted by Crippen LogP contribution is 2.39. The summed E-state index contributed by atoms with van der Waals surface area (Å²) in [6.45, 7) is 0. The number of para-hydroxylation sites is 1. The minimum Gasteiger partial charge on any atom is -0.309 e. The summed E-state index contributed by atoms with van der Waals surface area (Å²) in [5.74, 6) is 0. The summed E-state index contributed by atoms with van der Waals surface area (Å²) in [4.78, 5) is 0. The number of hydrogen-bond acceptors (Lipinski definition) is 0. The van der Waals surface area contributed by atoms with Crippen molar-refractivity contribution in [1.29, 1.82) is 0 Å². The minimum atomic E-state index is 1.22. The quantitative estimate of drug-likeness (QED) is 0.195. The fraction of sp³-hybridized carbons (Fsp3) is 0. The first-order valence-electron chi connectivity index (χ1n) is 14.9. The van der Waals surface area contributed by atoms with Gasteiger partial charge in [-0.1, -0.05) is 140 Å². The zero-order chi connectivity index (χ0) is 28.3. The molecule has 0 atom stereocenters. The molecule has 0 spiro atoms. The van der Waals surface area contributed by atoms with Crippen molar-refractivity contribution in [3.8, 4) is 27.9 Å². The molecule has 1 aromatic heterocycles. The van der Waals surface area contributed by atoms with Crippen molar-refractivity contribution in [1.82, 2.24) is 4.57 Å². The number of nitrogens with zero attached hydrogens (tertiary/aromatic N) is 1. The third kappa shape index (κ3) is 3.72.